The van der Waals surface area contributed by atoms with Gasteiger partial charge >= 0.3 is 0 Å². The van der Waals surface area contributed by atoms with Gasteiger partial charge in [0.2, 0.25) is 0 Å². The number of nitrogen functional groups attached to an aromatic ring is 1. The zero-order valence-electron chi connectivity index (χ0n) is 11.9. The van der Waals surface area contributed by atoms with Crippen LogP contribution in [0.15, 0.2) is 24.4 Å². The number of ether oxygens (including phenoxy) is 1. The third kappa shape index (κ3) is 2.38. The molecule has 0 unspecified atom stereocenters. The normalized spacial score (nSPS) is 16.2. The maximum atomic E-state index is 6.15. The number of anilines is 2. The molecule has 1 heterocycles. The highest BCUT2D eigenvalue weighted by Gasteiger charge is 2.16. The van der Waals surface area contributed by atoms with E-state index in [-0.39, 0.29) is 0 Å². The van der Waals surface area contributed by atoms with Gasteiger partial charge in [0.15, 0.2) is 0 Å². The predicted octanol–water partition coefficient (Wildman–Crippen LogP) is 3.57. The molecule has 0 radical (unpaired) electrons. The summed E-state index contributed by atoms with van der Waals surface area (Å²) >= 11 is 0. The van der Waals surface area contributed by atoms with Crippen LogP contribution in [0, 0.1) is 0 Å². The molecular formula is C16H21N3O. The van der Waals surface area contributed by atoms with E-state index in [4.69, 9.17) is 10.5 Å². The fourth-order valence-electron chi connectivity index (χ4n) is 3.03. The van der Waals surface area contributed by atoms with Crippen molar-refractivity contribution in [3.63, 3.8) is 0 Å². The van der Waals surface area contributed by atoms with E-state index >= 15 is 0 Å². The molecule has 0 atom stereocenters. The lowest BCUT2D eigenvalue weighted by atomic mass is 9.95. The van der Waals surface area contributed by atoms with E-state index in [1.807, 2.05) is 24.4 Å². The minimum Gasteiger partial charge on any atom is -0.496 e. The van der Waals surface area contributed by atoms with Crippen LogP contribution < -0.4 is 15.8 Å². The number of nitrogens with one attached hydrogen (secondary N) is 1. The highest BCUT2D eigenvalue weighted by atomic mass is 16.5. The summed E-state index contributed by atoms with van der Waals surface area (Å²) in [7, 11) is 1.68. The van der Waals surface area contributed by atoms with E-state index in [2.05, 4.69) is 10.3 Å². The molecule has 1 aliphatic carbocycles. The largest absolute Gasteiger partial charge is 0.496 e. The van der Waals surface area contributed by atoms with Crippen LogP contribution in [0.5, 0.6) is 5.75 Å². The van der Waals surface area contributed by atoms with Gasteiger partial charge < -0.3 is 15.8 Å². The molecular weight excluding hydrogens is 250 g/mol. The molecule has 3 N–H and O–H groups in total. The molecule has 1 aromatic heterocycles. The molecule has 0 saturated heterocycles. The lowest BCUT2D eigenvalue weighted by molar-refractivity contribution is 0.420. The van der Waals surface area contributed by atoms with E-state index in [0.29, 0.717) is 6.04 Å². The quantitative estimate of drug-likeness (QED) is 0.838. The van der Waals surface area contributed by atoms with Crippen molar-refractivity contribution in [1.29, 1.82) is 0 Å². The minimum atomic E-state index is 0.507. The van der Waals surface area contributed by atoms with Crippen LogP contribution in [0.4, 0.5) is 11.5 Å². The Morgan fingerprint density at radius 2 is 2.00 bits per heavy atom. The first-order valence-electron chi connectivity index (χ1n) is 7.27. The number of fused-ring (bicyclic) bond motifs is 1. The van der Waals surface area contributed by atoms with E-state index < -0.39 is 0 Å². The Hall–Kier alpha value is -1.97. The van der Waals surface area contributed by atoms with Crippen molar-refractivity contribution in [3.05, 3.63) is 24.4 Å². The molecule has 0 spiro atoms. The van der Waals surface area contributed by atoms with Gasteiger partial charge in [0.05, 0.1) is 12.5 Å². The molecule has 1 aliphatic rings. The molecule has 4 nitrogen and oxygen atoms in total. The topological polar surface area (TPSA) is 60.2 Å². The highest BCUT2D eigenvalue weighted by molar-refractivity contribution is 6.03. The third-order valence-electron chi connectivity index (χ3n) is 4.09. The summed E-state index contributed by atoms with van der Waals surface area (Å²) in [6.07, 6.45) is 8.17. The van der Waals surface area contributed by atoms with Crippen molar-refractivity contribution >= 4 is 22.3 Å². The van der Waals surface area contributed by atoms with Crippen LogP contribution in [-0.2, 0) is 0 Å². The van der Waals surface area contributed by atoms with E-state index in [1.54, 1.807) is 7.11 Å². The summed E-state index contributed by atoms with van der Waals surface area (Å²) in [5.41, 5.74) is 6.89. The Kier molecular flexibility index (Phi) is 3.63. The minimum absolute atomic E-state index is 0.507. The highest BCUT2D eigenvalue weighted by Crippen LogP contribution is 2.34. The second-order valence-electron chi connectivity index (χ2n) is 5.42. The molecule has 1 aromatic carbocycles. The van der Waals surface area contributed by atoms with Gasteiger partial charge in [-0.1, -0.05) is 19.3 Å². The van der Waals surface area contributed by atoms with E-state index in [9.17, 15) is 0 Å². The van der Waals surface area contributed by atoms with Crippen LogP contribution in [-0.4, -0.2) is 18.1 Å². The van der Waals surface area contributed by atoms with Crippen molar-refractivity contribution in [2.45, 2.75) is 38.1 Å². The Morgan fingerprint density at radius 3 is 2.75 bits per heavy atom. The van der Waals surface area contributed by atoms with Gasteiger partial charge in [0.1, 0.15) is 11.6 Å². The van der Waals surface area contributed by atoms with Gasteiger partial charge in [-0.15, -0.1) is 0 Å². The second-order valence-corrected chi connectivity index (χ2v) is 5.42. The molecule has 0 aliphatic heterocycles. The molecule has 1 saturated carbocycles. The van der Waals surface area contributed by atoms with Crippen LogP contribution in [0.2, 0.25) is 0 Å². The van der Waals surface area contributed by atoms with Crippen molar-refractivity contribution < 1.29 is 4.74 Å². The molecule has 20 heavy (non-hydrogen) atoms. The number of methoxy groups -OCH3 is 1. The average Bonchev–Trinajstić information content (AvgIpc) is 2.49. The summed E-state index contributed by atoms with van der Waals surface area (Å²) < 4.78 is 5.42. The van der Waals surface area contributed by atoms with Gasteiger partial charge in [-0.25, -0.2) is 4.98 Å². The fourth-order valence-corrected chi connectivity index (χ4v) is 3.03. The smallest absolute Gasteiger partial charge is 0.136 e. The third-order valence-corrected chi connectivity index (χ3v) is 4.09. The second kappa shape index (κ2) is 5.57. The number of nitrogens with two attached hydrogens (primary N) is 1. The van der Waals surface area contributed by atoms with Gasteiger partial charge in [-0.05, 0) is 31.0 Å². The maximum Gasteiger partial charge on any atom is 0.136 e. The number of benzene rings is 1. The number of pyridine rings is 1. The SMILES string of the molecule is COc1ccc(N)c2c(NC3CCCCC3)nccc12. The van der Waals surface area contributed by atoms with Crippen molar-refractivity contribution in [3.8, 4) is 5.75 Å². The average molecular weight is 271 g/mol. The van der Waals surface area contributed by atoms with Gasteiger partial charge in [-0.2, -0.15) is 0 Å². The molecule has 106 valence electrons. The number of hydrogen-bond donors (Lipinski definition) is 2. The maximum absolute atomic E-state index is 6.15. The molecule has 0 bridgehead atoms. The molecule has 4 heteroatoms. The summed E-state index contributed by atoms with van der Waals surface area (Å²) in [6, 6.07) is 6.25. The van der Waals surface area contributed by atoms with E-state index in [0.717, 1.165) is 28.0 Å². The monoisotopic (exact) mass is 271 g/mol. The summed E-state index contributed by atoms with van der Waals surface area (Å²) in [4.78, 5) is 4.49. The van der Waals surface area contributed by atoms with Crippen LogP contribution in [0.25, 0.3) is 10.8 Å². The summed E-state index contributed by atoms with van der Waals surface area (Å²) in [5, 5.41) is 5.55. The van der Waals surface area contributed by atoms with Crippen molar-refractivity contribution in [1.82, 2.24) is 4.98 Å². The van der Waals surface area contributed by atoms with Crippen molar-refractivity contribution in [2.24, 2.45) is 0 Å². The van der Waals surface area contributed by atoms with Gasteiger partial charge in [0, 0.05) is 23.3 Å². The predicted molar refractivity (Wildman–Crippen MR) is 83.2 cm³/mol. The number of hydrogen-bond acceptors (Lipinski definition) is 4. The molecule has 0 amide bonds. The standard InChI is InChI=1S/C16H21N3O/c1-20-14-8-7-13(17)15-12(14)9-10-18-16(15)19-11-5-3-2-4-6-11/h7-11H,2-6,17H2,1H3,(H,18,19). The summed E-state index contributed by atoms with van der Waals surface area (Å²) in [6.45, 7) is 0. The van der Waals surface area contributed by atoms with Gasteiger partial charge in [-0.3, -0.25) is 0 Å². The Labute approximate surface area is 119 Å². The lowest BCUT2D eigenvalue weighted by Gasteiger charge is -2.24. The first kappa shape index (κ1) is 13.0. The lowest BCUT2D eigenvalue weighted by Crippen LogP contribution is -2.23. The van der Waals surface area contributed by atoms with Crippen molar-refractivity contribution in [2.75, 3.05) is 18.2 Å². The fraction of sp³-hybridized carbons (Fsp3) is 0.438. The van der Waals surface area contributed by atoms with Crippen LogP contribution in [0.3, 0.4) is 0 Å². The first-order chi connectivity index (χ1) is 9.79. The molecule has 3 rings (SSSR count). The Morgan fingerprint density at radius 1 is 1.20 bits per heavy atom. The molecule has 2 aromatic rings. The van der Waals surface area contributed by atoms with E-state index in [1.165, 1.54) is 32.1 Å². The Balaban J connectivity index is 2.01. The zero-order valence-corrected chi connectivity index (χ0v) is 11.9. The van der Waals surface area contributed by atoms with Crippen LogP contribution in [0.1, 0.15) is 32.1 Å². The zero-order chi connectivity index (χ0) is 13.9. The molecule has 1 fully saturated rings. The van der Waals surface area contributed by atoms with Gasteiger partial charge in [0.25, 0.3) is 0 Å². The van der Waals surface area contributed by atoms with Crippen LogP contribution >= 0.6 is 0 Å². The number of nitrogens with zero attached hydrogens (tertiary/aromatic N) is 1. The Bertz CT molecular complexity index is 606. The number of aromatic nitrogens is 1. The number of rotatable bonds is 3. The summed E-state index contributed by atoms with van der Waals surface area (Å²) in [5.74, 6) is 1.72. The first-order valence-corrected chi connectivity index (χ1v) is 7.27.